The van der Waals surface area contributed by atoms with Gasteiger partial charge in [-0.2, -0.15) is 0 Å². The molecule has 7 nitrogen and oxygen atoms in total. The van der Waals surface area contributed by atoms with Crippen LogP contribution in [-0.2, 0) is 4.74 Å². The molecule has 18 heavy (non-hydrogen) atoms. The van der Waals surface area contributed by atoms with Gasteiger partial charge in [-0.25, -0.2) is 9.59 Å². The van der Waals surface area contributed by atoms with Crippen LogP contribution in [0.2, 0.25) is 0 Å². The first kappa shape index (κ1) is 14.6. The van der Waals surface area contributed by atoms with Gasteiger partial charge in [-0.3, -0.25) is 0 Å². The highest BCUT2D eigenvalue weighted by atomic mass is 16.6. The molecule has 2 amide bonds. The van der Waals surface area contributed by atoms with E-state index >= 15 is 0 Å². The van der Waals surface area contributed by atoms with Gasteiger partial charge in [0.25, 0.3) is 0 Å². The maximum absolute atomic E-state index is 11.5. The van der Waals surface area contributed by atoms with Crippen LogP contribution in [-0.4, -0.2) is 58.1 Å². The number of carbonyl (C=O) groups excluding carboxylic acids is 1. The summed E-state index contributed by atoms with van der Waals surface area (Å²) < 4.78 is 5.09. The maximum atomic E-state index is 11.5. The fraction of sp³-hybridized carbons (Fsp3) is 0.818. The smallest absolute Gasteiger partial charge is 0.407 e. The first-order valence-corrected chi connectivity index (χ1v) is 5.83. The molecule has 0 saturated carbocycles. The largest absolute Gasteiger partial charge is 0.465 e. The molecule has 0 aromatic heterocycles. The summed E-state index contributed by atoms with van der Waals surface area (Å²) in [4.78, 5) is 23.6. The van der Waals surface area contributed by atoms with E-state index in [0.717, 1.165) is 4.90 Å². The van der Waals surface area contributed by atoms with Gasteiger partial charge in [0, 0.05) is 6.54 Å². The molecule has 3 N–H and O–H groups in total. The Morgan fingerprint density at radius 1 is 1.44 bits per heavy atom. The van der Waals surface area contributed by atoms with E-state index in [0.29, 0.717) is 6.42 Å². The molecule has 0 unspecified atom stereocenters. The summed E-state index contributed by atoms with van der Waals surface area (Å²) in [5, 5.41) is 20.6. The van der Waals surface area contributed by atoms with Crippen molar-refractivity contribution in [3.8, 4) is 0 Å². The lowest BCUT2D eigenvalue weighted by molar-refractivity contribution is 0.0505. The van der Waals surface area contributed by atoms with Gasteiger partial charge in [-0.1, -0.05) is 0 Å². The van der Waals surface area contributed by atoms with E-state index in [9.17, 15) is 9.59 Å². The van der Waals surface area contributed by atoms with E-state index in [1.54, 1.807) is 20.8 Å². The molecule has 7 heteroatoms. The van der Waals surface area contributed by atoms with Crippen LogP contribution in [0.3, 0.4) is 0 Å². The van der Waals surface area contributed by atoms with Crippen LogP contribution in [0.1, 0.15) is 27.2 Å². The zero-order valence-corrected chi connectivity index (χ0v) is 10.8. The Kier molecular flexibility index (Phi) is 4.39. The molecule has 104 valence electrons. The molecule has 1 fully saturated rings. The summed E-state index contributed by atoms with van der Waals surface area (Å²) in [6.07, 6.45) is -1.28. The summed E-state index contributed by atoms with van der Waals surface area (Å²) in [5.41, 5.74) is -0.592. The Morgan fingerprint density at radius 2 is 2.06 bits per heavy atom. The molecule has 1 heterocycles. The third-order valence-electron chi connectivity index (χ3n) is 2.59. The number of carbonyl (C=O) groups is 2. The number of amides is 2. The maximum Gasteiger partial charge on any atom is 0.407 e. The molecular formula is C11H20N2O5. The van der Waals surface area contributed by atoms with Crippen LogP contribution in [0.15, 0.2) is 0 Å². The van der Waals surface area contributed by atoms with Crippen LogP contribution in [0, 0.1) is 0 Å². The fourth-order valence-corrected chi connectivity index (χ4v) is 1.90. The highest BCUT2D eigenvalue weighted by Crippen LogP contribution is 2.18. The molecule has 1 aliphatic rings. The van der Waals surface area contributed by atoms with E-state index in [1.165, 1.54) is 0 Å². The van der Waals surface area contributed by atoms with E-state index in [1.807, 2.05) is 0 Å². The zero-order chi connectivity index (χ0) is 13.9. The summed E-state index contributed by atoms with van der Waals surface area (Å²) in [5.74, 6) is 0. The number of carboxylic acid groups (broad SMARTS) is 1. The van der Waals surface area contributed by atoms with Crippen molar-refractivity contribution in [2.24, 2.45) is 0 Å². The van der Waals surface area contributed by atoms with E-state index in [4.69, 9.17) is 14.9 Å². The molecule has 0 spiro atoms. The van der Waals surface area contributed by atoms with Crippen molar-refractivity contribution in [1.82, 2.24) is 10.2 Å². The number of aliphatic hydroxyl groups excluding tert-OH is 1. The van der Waals surface area contributed by atoms with Gasteiger partial charge in [-0.05, 0) is 27.2 Å². The lowest BCUT2D eigenvalue weighted by atomic mass is 10.2. The van der Waals surface area contributed by atoms with Gasteiger partial charge in [0.15, 0.2) is 0 Å². The Bertz CT molecular complexity index is 326. The van der Waals surface area contributed by atoms with E-state index < -0.39 is 23.8 Å². The first-order chi connectivity index (χ1) is 8.23. The second-order valence-electron chi connectivity index (χ2n) is 5.35. The second-order valence-corrected chi connectivity index (χ2v) is 5.35. The van der Waals surface area contributed by atoms with Gasteiger partial charge in [0.1, 0.15) is 5.60 Å². The highest BCUT2D eigenvalue weighted by Gasteiger charge is 2.36. The summed E-state index contributed by atoms with van der Waals surface area (Å²) >= 11 is 0. The predicted octanol–water partition coefficient (Wildman–Crippen LogP) is 0.624. The minimum atomic E-state index is -1.09. The number of rotatable bonds is 2. The lowest BCUT2D eigenvalue weighted by Crippen LogP contribution is -2.41. The summed E-state index contributed by atoms with van der Waals surface area (Å²) in [6, 6.07) is -0.796. The van der Waals surface area contributed by atoms with Crippen LogP contribution < -0.4 is 5.32 Å². The van der Waals surface area contributed by atoms with Gasteiger partial charge in [0.2, 0.25) is 0 Å². The number of nitrogens with one attached hydrogen (secondary N) is 1. The average Bonchev–Trinajstić information content (AvgIpc) is 2.57. The van der Waals surface area contributed by atoms with Crippen molar-refractivity contribution < 1.29 is 24.5 Å². The molecule has 0 bridgehead atoms. The number of nitrogens with zero attached hydrogens (tertiary/aromatic N) is 1. The number of aliphatic hydroxyl groups is 1. The highest BCUT2D eigenvalue weighted by molar-refractivity contribution is 5.69. The monoisotopic (exact) mass is 260 g/mol. The van der Waals surface area contributed by atoms with E-state index in [-0.39, 0.29) is 19.2 Å². The molecule has 0 radical (unpaired) electrons. The van der Waals surface area contributed by atoms with E-state index in [2.05, 4.69) is 5.32 Å². The van der Waals surface area contributed by atoms with Crippen molar-refractivity contribution in [2.75, 3.05) is 13.2 Å². The van der Waals surface area contributed by atoms with Crippen LogP contribution >= 0.6 is 0 Å². The molecule has 0 aliphatic carbocycles. The molecule has 2 atom stereocenters. The van der Waals surface area contributed by atoms with Gasteiger partial charge >= 0.3 is 12.2 Å². The first-order valence-electron chi connectivity index (χ1n) is 5.83. The summed E-state index contributed by atoms with van der Waals surface area (Å²) in [7, 11) is 0. The van der Waals surface area contributed by atoms with Crippen molar-refractivity contribution in [3.05, 3.63) is 0 Å². The van der Waals surface area contributed by atoms with Crippen LogP contribution in [0.5, 0.6) is 0 Å². The predicted molar refractivity (Wildman–Crippen MR) is 63.4 cm³/mol. The van der Waals surface area contributed by atoms with Gasteiger partial charge in [0.05, 0.1) is 18.7 Å². The quantitative estimate of drug-likeness (QED) is 0.676. The standard InChI is InChI=1S/C11H20N2O5/c1-11(2,3)18-9(15)12-7-4-8(6-14)13(5-7)10(16)17/h7-8,14H,4-6H2,1-3H3,(H,12,15)(H,16,17)/t7-,8+/m1/s1. The number of ether oxygens (including phenoxy) is 1. The average molecular weight is 260 g/mol. The number of likely N-dealkylation sites (tertiary alicyclic amines) is 1. The normalized spacial score (nSPS) is 23.9. The SMILES string of the molecule is CC(C)(C)OC(=O)N[C@@H]1C[C@@H](CO)N(C(=O)O)C1. The molecule has 0 aromatic carbocycles. The Hall–Kier alpha value is -1.50. The fourth-order valence-electron chi connectivity index (χ4n) is 1.90. The Labute approximate surface area is 106 Å². The molecular weight excluding hydrogens is 240 g/mol. The minimum absolute atomic E-state index is 0.166. The zero-order valence-electron chi connectivity index (χ0n) is 10.8. The van der Waals surface area contributed by atoms with Crippen molar-refractivity contribution in [1.29, 1.82) is 0 Å². The van der Waals surface area contributed by atoms with Crippen LogP contribution in [0.4, 0.5) is 9.59 Å². The lowest BCUT2D eigenvalue weighted by Gasteiger charge is -2.21. The van der Waals surface area contributed by atoms with Crippen molar-refractivity contribution in [2.45, 2.75) is 44.9 Å². The molecule has 1 saturated heterocycles. The number of alkyl carbamates (subject to hydrolysis) is 1. The number of hydrogen-bond donors (Lipinski definition) is 3. The van der Waals surface area contributed by atoms with Crippen molar-refractivity contribution >= 4 is 12.2 Å². The molecule has 1 rings (SSSR count). The van der Waals surface area contributed by atoms with Gasteiger partial charge < -0.3 is 25.2 Å². The number of hydrogen-bond acceptors (Lipinski definition) is 4. The minimum Gasteiger partial charge on any atom is -0.465 e. The third-order valence-corrected chi connectivity index (χ3v) is 2.59. The van der Waals surface area contributed by atoms with Crippen molar-refractivity contribution in [3.63, 3.8) is 0 Å². The Balaban J connectivity index is 2.50. The molecule has 0 aromatic rings. The van der Waals surface area contributed by atoms with Crippen LogP contribution in [0.25, 0.3) is 0 Å². The molecule has 1 aliphatic heterocycles. The summed E-state index contributed by atoms with van der Waals surface area (Å²) in [6.45, 7) is 5.17. The van der Waals surface area contributed by atoms with Gasteiger partial charge in [-0.15, -0.1) is 0 Å². The third kappa shape index (κ3) is 4.06. The topological polar surface area (TPSA) is 99.1 Å². The second kappa shape index (κ2) is 5.43. The Morgan fingerprint density at radius 3 is 2.44 bits per heavy atom.